The molecule has 2 aromatic rings. The Hall–Kier alpha value is -1.73. The van der Waals surface area contributed by atoms with Crippen molar-refractivity contribution in [2.24, 2.45) is 5.73 Å². The molecule has 7 nitrogen and oxygen atoms in total. The zero-order valence-electron chi connectivity index (χ0n) is 10.1. The highest BCUT2D eigenvalue weighted by molar-refractivity contribution is 5.85. The third kappa shape index (κ3) is 2.57. The fourth-order valence-corrected chi connectivity index (χ4v) is 1.52. The van der Waals surface area contributed by atoms with E-state index in [2.05, 4.69) is 15.2 Å². The Morgan fingerprint density at radius 1 is 1.44 bits per heavy atom. The molecule has 2 heterocycles. The lowest BCUT2D eigenvalue weighted by Gasteiger charge is -2.08. The summed E-state index contributed by atoms with van der Waals surface area (Å²) in [6, 6.07) is 2.81. The number of hydrogen-bond donors (Lipinski definition) is 1. The minimum absolute atomic E-state index is 0. The van der Waals surface area contributed by atoms with Crippen LogP contribution in [0.1, 0.15) is 25.7 Å². The molecule has 0 aliphatic rings. The normalized spacial score (nSPS) is 11.9. The van der Waals surface area contributed by atoms with Crippen molar-refractivity contribution >= 4 is 12.4 Å². The van der Waals surface area contributed by atoms with Gasteiger partial charge in [0, 0.05) is 12.6 Å². The van der Waals surface area contributed by atoms with Crippen LogP contribution in [0.5, 0.6) is 0 Å². The smallest absolute Gasteiger partial charge is 0.266 e. The molecule has 0 aliphatic carbocycles. The van der Waals surface area contributed by atoms with Gasteiger partial charge in [-0.2, -0.15) is 9.78 Å². The van der Waals surface area contributed by atoms with Gasteiger partial charge in [0.05, 0.1) is 6.04 Å². The predicted octanol–water partition coefficient (Wildman–Crippen LogP) is 0.285. The van der Waals surface area contributed by atoms with Crippen LogP contribution in [0.25, 0.3) is 5.82 Å². The summed E-state index contributed by atoms with van der Waals surface area (Å²) in [5, 5.41) is 8.25. The van der Waals surface area contributed by atoms with Crippen molar-refractivity contribution in [1.82, 2.24) is 24.5 Å². The van der Waals surface area contributed by atoms with E-state index in [1.54, 1.807) is 6.07 Å². The molecule has 0 saturated carbocycles. The minimum Gasteiger partial charge on any atom is -0.322 e. The molecular formula is C10H15ClN6O. The molecule has 8 heteroatoms. The second-order valence-corrected chi connectivity index (χ2v) is 3.66. The van der Waals surface area contributed by atoms with Crippen LogP contribution < -0.4 is 11.3 Å². The molecule has 1 atom stereocenters. The summed E-state index contributed by atoms with van der Waals surface area (Å²) in [6.07, 6.45) is 1.42. The first-order valence-corrected chi connectivity index (χ1v) is 5.37. The van der Waals surface area contributed by atoms with Crippen molar-refractivity contribution < 1.29 is 0 Å². The Bertz CT molecular complexity index is 576. The van der Waals surface area contributed by atoms with E-state index in [0.717, 1.165) is 0 Å². The summed E-state index contributed by atoms with van der Waals surface area (Å²) in [5.74, 6) is 1.15. The van der Waals surface area contributed by atoms with Gasteiger partial charge in [0.2, 0.25) is 0 Å². The zero-order chi connectivity index (χ0) is 12.4. The Kier molecular flexibility index (Phi) is 4.57. The summed E-state index contributed by atoms with van der Waals surface area (Å²) in [7, 11) is 0. The maximum Gasteiger partial charge on any atom is 0.266 e. The molecule has 0 saturated heterocycles. The SMILES string of the molecule is CCn1nc(-n2ncnc2[C@H](C)N)ccc1=O.Cl. The Labute approximate surface area is 110 Å². The molecule has 0 aliphatic heterocycles. The summed E-state index contributed by atoms with van der Waals surface area (Å²) < 4.78 is 2.90. The molecule has 2 rings (SSSR count). The van der Waals surface area contributed by atoms with Crippen molar-refractivity contribution in [2.45, 2.75) is 26.4 Å². The van der Waals surface area contributed by atoms with Crippen molar-refractivity contribution in [2.75, 3.05) is 0 Å². The molecule has 0 fully saturated rings. The molecule has 0 bridgehead atoms. The molecule has 0 radical (unpaired) electrons. The van der Waals surface area contributed by atoms with Crippen LogP contribution in [-0.4, -0.2) is 24.5 Å². The fraction of sp³-hybridized carbons (Fsp3) is 0.400. The van der Waals surface area contributed by atoms with Gasteiger partial charge in [-0.3, -0.25) is 4.79 Å². The van der Waals surface area contributed by atoms with Gasteiger partial charge < -0.3 is 5.73 Å². The molecule has 0 amide bonds. The summed E-state index contributed by atoms with van der Waals surface area (Å²) >= 11 is 0. The van der Waals surface area contributed by atoms with E-state index < -0.39 is 0 Å². The van der Waals surface area contributed by atoms with Crippen LogP contribution in [0.2, 0.25) is 0 Å². The maximum absolute atomic E-state index is 11.4. The highest BCUT2D eigenvalue weighted by Gasteiger charge is 2.12. The summed E-state index contributed by atoms with van der Waals surface area (Å²) in [6.45, 7) is 4.18. The van der Waals surface area contributed by atoms with E-state index in [9.17, 15) is 4.79 Å². The molecule has 2 aromatic heterocycles. The molecule has 0 unspecified atom stereocenters. The zero-order valence-corrected chi connectivity index (χ0v) is 11.0. The first-order valence-electron chi connectivity index (χ1n) is 5.37. The highest BCUT2D eigenvalue weighted by atomic mass is 35.5. The van der Waals surface area contributed by atoms with Crippen LogP contribution in [-0.2, 0) is 6.54 Å². The molecule has 0 spiro atoms. The van der Waals surface area contributed by atoms with Crippen LogP contribution in [0.3, 0.4) is 0 Å². The van der Waals surface area contributed by atoms with E-state index in [-0.39, 0.29) is 24.0 Å². The van der Waals surface area contributed by atoms with Gasteiger partial charge >= 0.3 is 0 Å². The number of rotatable bonds is 3. The van der Waals surface area contributed by atoms with Gasteiger partial charge in [-0.15, -0.1) is 17.5 Å². The van der Waals surface area contributed by atoms with Crippen LogP contribution >= 0.6 is 12.4 Å². The number of hydrogen-bond acceptors (Lipinski definition) is 5. The third-order valence-corrected chi connectivity index (χ3v) is 2.35. The first kappa shape index (κ1) is 14.3. The van der Waals surface area contributed by atoms with Crippen molar-refractivity contribution in [3.63, 3.8) is 0 Å². The summed E-state index contributed by atoms with van der Waals surface area (Å²) in [5.41, 5.74) is 5.64. The number of nitrogens with two attached hydrogens (primary N) is 1. The van der Waals surface area contributed by atoms with Crippen LogP contribution in [0, 0.1) is 0 Å². The van der Waals surface area contributed by atoms with Gasteiger partial charge in [0.25, 0.3) is 5.56 Å². The Morgan fingerprint density at radius 3 is 2.78 bits per heavy atom. The van der Waals surface area contributed by atoms with Crippen LogP contribution in [0.15, 0.2) is 23.3 Å². The molecular weight excluding hydrogens is 256 g/mol. The lowest BCUT2D eigenvalue weighted by atomic mass is 10.3. The van der Waals surface area contributed by atoms with Crippen molar-refractivity contribution in [3.05, 3.63) is 34.6 Å². The lowest BCUT2D eigenvalue weighted by molar-refractivity contribution is 0.586. The summed E-state index contributed by atoms with van der Waals surface area (Å²) in [4.78, 5) is 15.5. The third-order valence-electron chi connectivity index (χ3n) is 2.35. The molecule has 98 valence electrons. The number of aryl methyl sites for hydroxylation is 1. The monoisotopic (exact) mass is 270 g/mol. The van der Waals surface area contributed by atoms with Gasteiger partial charge in [0.15, 0.2) is 11.6 Å². The number of nitrogens with zero attached hydrogens (tertiary/aromatic N) is 5. The van der Waals surface area contributed by atoms with Crippen molar-refractivity contribution in [3.8, 4) is 5.82 Å². The Morgan fingerprint density at radius 2 is 2.17 bits per heavy atom. The molecule has 0 aromatic carbocycles. The van der Waals surface area contributed by atoms with E-state index >= 15 is 0 Å². The average molecular weight is 271 g/mol. The van der Waals surface area contributed by atoms with Gasteiger partial charge in [-0.05, 0) is 19.9 Å². The first-order chi connectivity index (χ1) is 8.13. The second-order valence-electron chi connectivity index (χ2n) is 3.66. The lowest BCUT2D eigenvalue weighted by Crippen LogP contribution is -2.23. The fourth-order valence-electron chi connectivity index (χ4n) is 1.52. The second kappa shape index (κ2) is 5.74. The maximum atomic E-state index is 11.4. The molecule has 2 N–H and O–H groups in total. The van der Waals surface area contributed by atoms with E-state index in [1.807, 2.05) is 13.8 Å². The highest BCUT2D eigenvalue weighted by Crippen LogP contribution is 2.09. The van der Waals surface area contributed by atoms with E-state index in [4.69, 9.17) is 5.73 Å². The van der Waals surface area contributed by atoms with E-state index in [1.165, 1.54) is 21.8 Å². The quantitative estimate of drug-likeness (QED) is 0.865. The standard InChI is InChI=1S/C10H14N6O.ClH/c1-3-15-9(17)5-4-8(14-15)16-10(7(2)11)12-6-13-16;/h4-7H,3,11H2,1-2H3;1H/t7-;/m0./s1. The van der Waals surface area contributed by atoms with E-state index in [0.29, 0.717) is 18.2 Å². The minimum atomic E-state index is -0.249. The molecule has 18 heavy (non-hydrogen) atoms. The topological polar surface area (TPSA) is 91.6 Å². The van der Waals surface area contributed by atoms with Crippen molar-refractivity contribution in [1.29, 1.82) is 0 Å². The van der Waals surface area contributed by atoms with Crippen LogP contribution in [0.4, 0.5) is 0 Å². The Balaban J connectivity index is 0.00000162. The van der Waals surface area contributed by atoms with Gasteiger partial charge in [-0.1, -0.05) is 0 Å². The van der Waals surface area contributed by atoms with Gasteiger partial charge in [0.1, 0.15) is 6.33 Å². The number of aromatic nitrogens is 5. The largest absolute Gasteiger partial charge is 0.322 e. The number of halogens is 1. The average Bonchev–Trinajstić information content (AvgIpc) is 2.78. The predicted molar refractivity (Wildman–Crippen MR) is 68.9 cm³/mol. The van der Waals surface area contributed by atoms with Gasteiger partial charge in [-0.25, -0.2) is 9.67 Å².